The lowest BCUT2D eigenvalue weighted by Crippen LogP contribution is -1.85. The second kappa shape index (κ2) is 2.23. The highest BCUT2D eigenvalue weighted by molar-refractivity contribution is 6.30. The van der Waals surface area contributed by atoms with E-state index in [9.17, 15) is 4.39 Å². The summed E-state index contributed by atoms with van der Waals surface area (Å²) in [6.45, 7) is 0. The number of anilines is 1. The van der Waals surface area contributed by atoms with E-state index in [0.717, 1.165) is 6.07 Å². The van der Waals surface area contributed by atoms with Crippen molar-refractivity contribution in [2.24, 2.45) is 0 Å². The van der Waals surface area contributed by atoms with Crippen molar-refractivity contribution in [2.45, 2.75) is 0 Å². The van der Waals surface area contributed by atoms with E-state index >= 15 is 0 Å². The highest BCUT2D eigenvalue weighted by Gasteiger charge is 1.96. The van der Waals surface area contributed by atoms with Crippen LogP contribution in [-0.4, -0.2) is 0 Å². The van der Waals surface area contributed by atoms with Crippen LogP contribution in [0.1, 0.15) is 0 Å². The number of nitrogens with two attached hydrogens (primary N) is 1. The van der Waals surface area contributed by atoms with E-state index in [1.807, 2.05) is 0 Å². The smallest absolute Gasteiger partial charge is 0.143 e. The molecule has 0 saturated carbocycles. The Kier molecular flexibility index (Phi) is 1.58. The summed E-state index contributed by atoms with van der Waals surface area (Å²) >= 11 is 5.32. The van der Waals surface area contributed by atoms with Crippen molar-refractivity contribution in [2.75, 3.05) is 5.73 Å². The largest absolute Gasteiger partial charge is 0.398 e. The monoisotopic (exact) mass is 144 g/mol. The van der Waals surface area contributed by atoms with Crippen LogP contribution in [-0.2, 0) is 0 Å². The van der Waals surface area contributed by atoms with E-state index in [2.05, 4.69) is 6.07 Å². The molecule has 0 aliphatic carbocycles. The summed E-state index contributed by atoms with van der Waals surface area (Å²) in [4.78, 5) is 0. The van der Waals surface area contributed by atoms with Gasteiger partial charge in [-0.2, -0.15) is 0 Å². The lowest BCUT2D eigenvalue weighted by molar-refractivity contribution is 0.629. The van der Waals surface area contributed by atoms with Crippen LogP contribution in [0.5, 0.6) is 0 Å². The average Bonchev–Trinajstić information content (AvgIpc) is 1.80. The molecule has 1 rings (SSSR count). The van der Waals surface area contributed by atoms with Gasteiger partial charge in [-0.25, -0.2) is 4.39 Å². The minimum Gasteiger partial charge on any atom is -0.398 e. The minimum absolute atomic E-state index is 0.0456. The molecule has 1 radical (unpaired) electrons. The molecule has 2 N–H and O–H groups in total. The second-order valence-corrected chi connectivity index (χ2v) is 1.99. The molecule has 0 unspecified atom stereocenters. The van der Waals surface area contributed by atoms with Gasteiger partial charge in [-0.1, -0.05) is 11.6 Å². The van der Waals surface area contributed by atoms with E-state index in [-0.39, 0.29) is 10.7 Å². The van der Waals surface area contributed by atoms with Gasteiger partial charge in [-0.05, 0) is 12.1 Å². The number of benzene rings is 1. The summed E-state index contributed by atoms with van der Waals surface area (Å²) < 4.78 is 12.3. The third kappa shape index (κ3) is 1.33. The first kappa shape index (κ1) is 6.36. The molecule has 0 spiro atoms. The normalized spacial score (nSPS) is 9.56. The first-order valence-electron chi connectivity index (χ1n) is 2.32. The van der Waals surface area contributed by atoms with E-state index in [1.54, 1.807) is 0 Å². The van der Waals surface area contributed by atoms with Gasteiger partial charge in [0.15, 0.2) is 0 Å². The zero-order chi connectivity index (χ0) is 6.85. The van der Waals surface area contributed by atoms with Crippen LogP contribution in [0.15, 0.2) is 12.1 Å². The molecule has 0 saturated heterocycles. The van der Waals surface area contributed by atoms with Gasteiger partial charge in [0.2, 0.25) is 0 Å². The number of hydrogen-bond acceptors (Lipinski definition) is 1. The summed E-state index contributed by atoms with van der Waals surface area (Å²) in [6, 6.07) is 4.97. The molecule has 0 atom stereocenters. The Morgan fingerprint density at radius 3 is 2.78 bits per heavy atom. The van der Waals surface area contributed by atoms with Crippen LogP contribution in [0.2, 0.25) is 5.02 Å². The fraction of sp³-hybridized carbons (Fsp3) is 0. The third-order valence-electron chi connectivity index (χ3n) is 0.876. The molecule has 47 valence electrons. The van der Waals surface area contributed by atoms with Crippen LogP contribution < -0.4 is 5.73 Å². The Balaban J connectivity index is 3.17. The SMILES string of the molecule is Nc1[c]cc(Cl)c(F)c1. The molecule has 0 amide bonds. The van der Waals surface area contributed by atoms with Crippen molar-refractivity contribution in [3.8, 4) is 0 Å². The maximum absolute atomic E-state index is 12.3. The van der Waals surface area contributed by atoms with Gasteiger partial charge in [0.1, 0.15) is 5.82 Å². The topological polar surface area (TPSA) is 26.0 Å². The van der Waals surface area contributed by atoms with Crippen LogP contribution in [0.3, 0.4) is 0 Å². The highest BCUT2D eigenvalue weighted by Crippen LogP contribution is 2.15. The molecule has 1 aromatic rings. The number of hydrogen-bond donors (Lipinski definition) is 1. The molecule has 0 aliphatic heterocycles. The van der Waals surface area contributed by atoms with Crippen molar-refractivity contribution < 1.29 is 4.39 Å². The minimum atomic E-state index is -0.507. The summed E-state index contributed by atoms with van der Waals surface area (Å²) in [7, 11) is 0. The zero-order valence-corrected chi connectivity index (χ0v) is 5.24. The van der Waals surface area contributed by atoms with Gasteiger partial charge in [0.25, 0.3) is 0 Å². The fourth-order valence-corrected chi connectivity index (χ4v) is 0.572. The zero-order valence-electron chi connectivity index (χ0n) is 4.49. The first-order valence-corrected chi connectivity index (χ1v) is 2.70. The van der Waals surface area contributed by atoms with E-state index in [4.69, 9.17) is 17.3 Å². The van der Waals surface area contributed by atoms with Gasteiger partial charge in [0, 0.05) is 11.8 Å². The predicted molar refractivity (Wildman–Crippen MR) is 34.7 cm³/mol. The van der Waals surface area contributed by atoms with E-state index < -0.39 is 5.82 Å². The molecule has 1 aromatic carbocycles. The summed E-state index contributed by atoms with van der Waals surface area (Å²) in [5.41, 5.74) is 5.43. The van der Waals surface area contributed by atoms with Crippen LogP contribution in [0.25, 0.3) is 0 Å². The molecule has 0 aliphatic rings. The predicted octanol–water partition coefficient (Wildman–Crippen LogP) is 1.86. The molecule has 0 aromatic heterocycles. The summed E-state index contributed by atoms with van der Waals surface area (Å²) in [6.07, 6.45) is 0. The Bertz CT molecular complexity index is 224. The quantitative estimate of drug-likeness (QED) is 0.553. The molecule has 1 nitrogen and oxygen atoms in total. The first-order chi connectivity index (χ1) is 4.20. The molecule has 9 heavy (non-hydrogen) atoms. The Morgan fingerprint density at radius 1 is 1.67 bits per heavy atom. The van der Waals surface area contributed by atoms with Gasteiger partial charge in [-0.3, -0.25) is 0 Å². The van der Waals surface area contributed by atoms with E-state index in [1.165, 1.54) is 6.07 Å². The van der Waals surface area contributed by atoms with Gasteiger partial charge >= 0.3 is 0 Å². The maximum Gasteiger partial charge on any atom is 0.143 e. The number of rotatable bonds is 0. The summed E-state index contributed by atoms with van der Waals surface area (Å²) in [5, 5.41) is 0.0456. The molecule has 0 fully saturated rings. The average molecular weight is 145 g/mol. The highest BCUT2D eigenvalue weighted by atomic mass is 35.5. The number of halogens is 2. The maximum atomic E-state index is 12.3. The van der Waals surface area contributed by atoms with Crippen LogP contribution in [0, 0.1) is 11.9 Å². The summed E-state index contributed by atoms with van der Waals surface area (Å²) in [5.74, 6) is -0.507. The van der Waals surface area contributed by atoms with Gasteiger partial charge < -0.3 is 5.73 Å². The van der Waals surface area contributed by atoms with Crippen LogP contribution in [0.4, 0.5) is 10.1 Å². The standard InChI is InChI=1S/C6H4ClFN/c7-5-2-1-4(9)3-6(5)8/h2-3H,9H2. The molecule has 0 heterocycles. The van der Waals surface area contributed by atoms with Crippen molar-refractivity contribution >= 4 is 17.3 Å². The van der Waals surface area contributed by atoms with Crippen molar-refractivity contribution in [3.63, 3.8) is 0 Å². The third-order valence-corrected chi connectivity index (χ3v) is 1.17. The van der Waals surface area contributed by atoms with E-state index in [0.29, 0.717) is 0 Å². The second-order valence-electron chi connectivity index (χ2n) is 1.58. The molecule has 3 heteroatoms. The molecular weight excluding hydrogens is 141 g/mol. The van der Waals surface area contributed by atoms with Crippen LogP contribution >= 0.6 is 11.6 Å². The Labute approximate surface area is 57.2 Å². The Hall–Kier alpha value is -0.760. The van der Waals surface area contributed by atoms with Gasteiger partial charge in [0.05, 0.1) is 5.02 Å². The lowest BCUT2D eigenvalue weighted by atomic mass is 10.3. The Morgan fingerprint density at radius 2 is 2.33 bits per heavy atom. The van der Waals surface area contributed by atoms with Crippen molar-refractivity contribution in [1.82, 2.24) is 0 Å². The molecule has 0 bridgehead atoms. The van der Waals surface area contributed by atoms with Crippen molar-refractivity contribution in [3.05, 3.63) is 29.0 Å². The lowest BCUT2D eigenvalue weighted by Gasteiger charge is -1.92. The van der Waals surface area contributed by atoms with Crippen molar-refractivity contribution in [1.29, 1.82) is 0 Å². The van der Waals surface area contributed by atoms with Gasteiger partial charge in [-0.15, -0.1) is 0 Å². The fourth-order valence-electron chi connectivity index (χ4n) is 0.463. The number of nitrogen functional groups attached to an aromatic ring is 1. The molecular formula is C6H4ClFN.